The van der Waals surface area contributed by atoms with Gasteiger partial charge in [-0.1, -0.05) is 12.1 Å². The van der Waals surface area contributed by atoms with Crippen LogP contribution < -0.4 is 10.9 Å². The minimum Gasteiger partial charge on any atom is -0.381 e. The molecule has 148 valence electrons. The van der Waals surface area contributed by atoms with Crippen LogP contribution in [-0.4, -0.2) is 33.8 Å². The van der Waals surface area contributed by atoms with Gasteiger partial charge in [-0.3, -0.25) is 9.36 Å². The summed E-state index contributed by atoms with van der Waals surface area (Å²) in [5.74, 6) is 0.235. The van der Waals surface area contributed by atoms with E-state index in [9.17, 15) is 9.18 Å². The maximum atomic E-state index is 13.1. The highest BCUT2D eigenvalue weighted by atomic mass is 35.5. The van der Waals surface area contributed by atoms with E-state index in [2.05, 4.69) is 15.3 Å². The Balaban J connectivity index is 0.00000225. The third kappa shape index (κ3) is 4.31. The third-order valence-electron chi connectivity index (χ3n) is 4.89. The van der Waals surface area contributed by atoms with Crippen LogP contribution in [0.1, 0.15) is 24.0 Å². The molecule has 8 heteroatoms. The molecule has 6 nitrogen and oxygen atoms in total. The molecule has 0 spiro atoms. The van der Waals surface area contributed by atoms with Crippen LogP contribution >= 0.6 is 12.4 Å². The lowest BCUT2D eigenvalue weighted by atomic mass is 10.1. The second-order valence-corrected chi connectivity index (χ2v) is 6.84. The van der Waals surface area contributed by atoms with Gasteiger partial charge in [-0.2, -0.15) is 4.98 Å². The minimum atomic E-state index is -0.289. The van der Waals surface area contributed by atoms with Crippen molar-refractivity contribution in [1.82, 2.24) is 14.5 Å². The monoisotopic (exact) mass is 404 g/mol. The van der Waals surface area contributed by atoms with Crippen molar-refractivity contribution >= 4 is 29.4 Å². The molecule has 0 amide bonds. The van der Waals surface area contributed by atoms with Gasteiger partial charge in [-0.05, 0) is 36.6 Å². The molecule has 1 aliphatic rings. The molecule has 3 heterocycles. The van der Waals surface area contributed by atoms with Gasteiger partial charge < -0.3 is 10.1 Å². The van der Waals surface area contributed by atoms with Crippen LogP contribution in [0.2, 0.25) is 0 Å². The molecule has 0 unspecified atom stereocenters. The smallest absolute Gasteiger partial charge is 0.255 e. The van der Waals surface area contributed by atoms with Crippen molar-refractivity contribution in [2.75, 3.05) is 18.5 Å². The first-order chi connectivity index (χ1) is 13.1. The number of nitrogens with zero attached hydrogens (tertiary/aromatic N) is 3. The van der Waals surface area contributed by atoms with E-state index in [1.165, 1.54) is 12.1 Å². The topological polar surface area (TPSA) is 69.0 Å². The van der Waals surface area contributed by atoms with Gasteiger partial charge in [-0.15, -0.1) is 12.4 Å². The summed E-state index contributed by atoms with van der Waals surface area (Å²) >= 11 is 0. The number of rotatable bonds is 4. The molecule has 1 aliphatic heterocycles. The predicted molar refractivity (Wildman–Crippen MR) is 109 cm³/mol. The van der Waals surface area contributed by atoms with Crippen LogP contribution in [0.4, 0.5) is 10.3 Å². The maximum Gasteiger partial charge on any atom is 0.255 e. The van der Waals surface area contributed by atoms with Gasteiger partial charge in [0.1, 0.15) is 11.5 Å². The van der Waals surface area contributed by atoms with Crippen molar-refractivity contribution in [3.63, 3.8) is 0 Å². The average Bonchev–Trinajstić information content (AvgIpc) is 2.69. The molecule has 1 fully saturated rings. The zero-order valence-electron chi connectivity index (χ0n) is 15.5. The van der Waals surface area contributed by atoms with Crippen LogP contribution in [0.25, 0.3) is 11.0 Å². The number of hydrogen-bond donors (Lipinski definition) is 1. The minimum absolute atomic E-state index is 0. The molecular formula is C20H22ClFN4O2. The van der Waals surface area contributed by atoms with E-state index < -0.39 is 0 Å². The van der Waals surface area contributed by atoms with E-state index in [0.29, 0.717) is 23.6 Å². The summed E-state index contributed by atoms with van der Waals surface area (Å²) in [6, 6.07) is 8.29. The van der Waals surface area contributed by atoms with E-state index in [1.54, 1.807) is 29.9 Å². The number of nitrogens with one attached hydrogen (secondary N) is 1. The van der Waals surface area contributed by atoms with Crippen LogP contribution in [0.15, 0.2) is 41.3 Å². The molecular weight excluding hydrogens is 383 g/mol. The Kier molecular flexibility index (Phi) is 6.26. The first-order valence-electron chi connectivity index (χ1n) is 9.04. The molecule has 0 aliphatic carbocycles. The Morgan fingerprint density at radius 3 is 2.68 bits per heavy atom. The van der Waals surface area contributed by atoms with Crippen LogP contribution in [0.3, 0.4) is 0 Å². The third-order valence-corrected chi connectivity index (χ3v) is 4.89. The maximum absolute atomic E-state index is 13.1. The summed E-state index contributed by atoms with van der Waals surface area (Å²) in [4.78, 5) is 21.7. The number of ether oxygens (including phenoxy) is 1. The van der Waals surface area contributed by atoms with Gasteiger partial charge in [0.2, 0.25) is 5.95 Å². The lowest BCUT2D eigenvalue weighted by molar-refractivity contribution is 0.0903. The highest BCUT2D eigenvalue weighted by Crippen LogP contribution is 2.17. The van der Waals surface area contributed by atoms with E-state index in [4.69, 9.17) is 4.74 Å². The van der Waals surface area contributed by atoms with Crippen molar-refractivity contribution in [3.8, 4) is 0 Å². The van der Waals surface area contributed by atoms with Gasteiger partial charge in [0.15, 0.2) is 0 Å². The Labute approximate surface area is 168 Å². The number of halogens is 2. The first kappa shape index (κ1) is 20.2. The molecule has 0 bridgehead atoms. The van der Waals surface area contributed by atoms with Crippen molar-refractivity contribution in [1.29, 1.82) is 0 Å². The molecule has 0 radical (unpaired) electrons. The summed E-state index contributed by atoms with van der Waals surface area (Å²) in [6.07, 6.45) is 4.00. The van der Waals surface area contributed by atoms with Crippen LogP contribution in [0, 0.1) is 5.82 Å². The standard InChI is InChI=1S/C20H21FN4O2.ClH/c1-25-18-15(12-22-20(24-18)23-17-6-8-27-9-7-17)11-14(19(25)26)10-13-2-4-16(21)5-3-13;/h2-5,11-12,17H,6-10H2,1H3,(H,22,23,24);1H. The fourth-order valence-electron chi connectivity index (χ4n) is 3.36. The zero-order valence-corrected chi connectivity index (χ0v) is 16.3. The summed E-state index contributed by atoms with van der Waals surface area (Å²) in [6.45, 7) is 1.47. The average molecular weight is 405 g/mol. The number of pyridine rings is 1. The van der Waals surface area contributed by atoms with Crippen molar-refractivity contribution in [3.05, 3.63) is 63.8 Å². The van der Waals surface area contributed by atoms with Crippen LogP contribution in [0.5, 0.6) is 0 Å². The quantitative estimate of drug-likeness (QED) is 0.723. The molecule has 1 saturated heterocycles. The van der Waals surface area contributed by atoms with Gasteiger partial charge in [0.05, 0.1) is 0 Å². The molecule has 3 aromatic rings. The zero-order chi connectivity index (χ0) is 18.8. The summed E-state index contributed by atoms with van der Waals surface area (Å²) < 4.78 is 20.0. The number of benzene rings is 1. The van der Waals surface area contributed by atoms with Gasteiger partial charge in [0, 0.05) is 49.9 Å². The van der Waals surface area contributed by atoms with Crippen LogP contribution in [-0.2, 0) is 18.2 Å². The predicted octanol–water partition coefficient (Wildman–Crippen LogP) is 3.07. The SMILES string of the molecule is Cl.Cn1c(=O)c(Cc2ccc(F)cc2)cc2cnc(NC3CCOCC3)nc21. The summed E-state index contributed by atoms with van der Waals surface area (Å²) in [5, 5.41) is 4.12. The largest absolute Gasteiger partial charge is 0.381 e. The lowest BCUT2D eigenvalue weighted by Gasteiger charge is -2.23. The fraction of sp³-hybridized carbons (Fsp3) is 0.350. The normalized spacial score (nSPS) is 14.6. The van der Waals surface area contributed by atoms with Crippen molar-refractivity contribution in [2.24, 2.45) is 7.05 Å². The number of aryl methyl sites for hydroxylation is 1. The molecule has 0 saturated carbocycles. The highest BCUT2D eigenvalue weighted by Gasteiger charge is 2.16. The molecule has 2 aromatic heterocycles. The summed E-state index contributed by atoms with van der Waals surface area (Å²) in [7, 11) is 1.71. The molecule has 4 rings (SSSR count). The Bertz CT molecular complexity index is 1020. The number of aromatic nitrogens is 3. The fourth-order valence-corrected chi connectivity index (χ4v) is 3.36. The Hall–Kier alpha value is -2.51. The van der Waals surface area contributed by atoms with Gasteiger partial charge in [-0.25, -0.2) is 9.37 Å². The Morgan fingerprint density at radius 1 is 1.25 bits per heavy atom. The van der Waals surface area contributed by atoms with E-state index in [-0.39, 0.29) is 29.8 Å². The number of fused-ring (bicyclic) bond motifs is 1. The van der Waals surface area contributed by atoms with E-state index in [1.807, 2.05) is 6.07 Å². The lowest BCUT2D eigenvalue weighted by Crippen LogP contribution is -2.29. The molecule has 0 atom stereocenters. The van der Waals surface area contributed by atoms with Gasteiger partial charge >= 0.3 is 0 Å². The first-order valence-corrected chi connectivity index (χ1v) is 9.04. The second kappa shape index (κ2) is 8.67. The number of anilines is 1. The van der Waals surface area contributed by atoms with Crippen molar-refractivity contribution < 1.29 is 9.13 Å². The molecule has 1 aromatic carbocycles. The van der Waals surface area contributed by atoms with E-state index in [0.717, 1.165) is 37.0 Å². The molecule has 1 N–H and O–H groups in total. The van der Waals surface area contributed by atoms with E-state index >= 15 is 0 Å². The second-order valence-electron chi connectivity index (χ2n) is 6.84. The van der Waals surface area contributed by atoms with Gasteiger partial charge in [0.25, 0.3) is 5.56 Å². The summed E-state index contributed by atoms with van der Waals surface area (Å²) in [5.41, 5.74) is 1.99. The number of hydrogen-bond acceptors (Lipinski definition) is 5. The molecule has 28 heavy (non-hydrogen) atoms. The Morgan fingerprint density at radius 2 is 1.96 bits per heavy atom. The van der Waals surface area contributed by atoms with Crippen molar-refractivity contribution in [2.45, 2.75) is 25.3 Å². The highest BCUT2D eigenvalue weighted by molar-refractivity contribution is 5.85.